The maximum Gasteiger partial charge on any atom is 0.265 e. The van der Waals surface area contributed by atoms with Crippen LogP contribution in [0.4, 0.5) is 5.69 Å². The van der Waals surface area contributed by atoms with Crippen LogP contribution in [0.15, 0.2) is 35.6 Å². The van der Waals surface area contributed by atoms with E-state index in [-0.39, 0.29) is 4.90 Å². The van der Waals surface area contributed by atoms with Crippen LogP contribution in [0.1, 0.15) is 11.4 Å². The molecule has 0 amide bonds. The molecule has 0 saturated heterocycles. The Hall–Kier alpha value is -2.35. The fourth-order valence-electron chi connectivity index (χ4n) is 2.16. The van der Waals surface area contributed by atoms with Crippen molar-refractivity contribution >= 4 is 21.4 Å². The topological polar surface area (TPSA) is 92.1 Å². The third kappa shape index (κ3) is 1.94. The summed E-state index contributed by atoms with van der Waals surface area (Å²) in [5.41, 5.74) is 1.92. The molecule has 0 unspecified atom stereocenters. The molecule has 0 bridgehead atoms. The molecular formula is C12H13N5O2S. The van der Waals surface area contributed by atoms with Crippen molar-refractivity contribution in [3.05, 3.63) is 42.1 Å². The summed E-state index contributed by atoms with van der Waals surface area (Å²) in [5, 5.41) is 6.58. The van der Waals surface area contributed by atoms with E-state index in [0.29, 0.717) is 22.7 Å². The Labute approximate surface area is 115 Å². The van der Waals surface area contributed by atoms with Crippen LogP contribution in [-0.4, -0.2) is 28.0 Å². The third-order valence-electron chi connectivity index (χ3n) is 2.99. The van der Waals surface area contributed by atoms with Crippen molar-refractivity contribution in [1.82, 2.24) is 19.6 Å². The summed E-state index contributed by atoms with van der Waals surface area (Å²) in [4.78, 5) is 4.31. The molecule has 20 heavy (non-hydrogen) atoms. The zero-order valence-corrected chi connectivity index (χ0v) is 11.8. The van der Waals surface area contributed by atoms with Crippen molar-refractivity contribution in [1.29, 1.82) is 0 Å². The van der Waals surface area contributed by atoms with Gasteiger partial charge in [0, 0.05) is 18.6 Å². The molecule has 0 fully saturated rings. The van der Waals surface area contributed by atoms with Crippen LogP contribution < -0.4 is 4.72 Å². The van der Waals surface area contributed by atoms with Crippen molar-refractivity contribution in [2.45, 2.75) is 18.7 Å². The average Bonchev–Trinajstić information content (AvgIpc) is 2.96. The molecule has 3 heterocycles. The Bertz CT molecular complexity index is 859. The number of aromatic amines is 1. The lowest BCUT2D eigenvalue weighted by Crippen LogP contribution is -2.15. The van der Waals surface area contributed by atoms with E-state index < -0.39 is 10.0 Å². The highest BCUT2D eigenvalue weighted by atomic mass is 32.2. The minimum absolute atomic E-state index is 0.172. The Morgan fingerprint density at radius 1 is 1.30 bits per heavy atom. The zero-order chi connectivity index (χ0) is 14.3. The summed E-state index contributed by atoms with van der Waals surface area (Å²) in [7, 11) is -3.70. The summed E-state index contributed by atoms with van der Waals surface area (Å²) in [6.45, 7) is 3.32. The van der Waals surface area contributed by atoms with E-state index in [1.54, 1.807) is 49.0 Å². The molecule has 7 nitrogen and oxygen atoms in total. The van der Waals surface area contributed by atoms with Gasteiger partial charge in [0.1, 0.15) is 4.90 Å². The molecule has 0 aliphatic carbocycles. The van der Waals surface area contributed by atoms with Gasteiger partial charge in [0.2, 0.25) is 0 Å². The van der Waals surface area contributed by atoms with E-state index in [4.69, 9.17) is 0 Å². The second-order valence-corrected chi connectivity index (χ2v) is 6.07. The van der Waals surface area contributed by atoms with Gasteiger partial charge in [-0.05, 0) is 26.0 Å². The minimum Gasteiger partial charge on any atom is -0.305 e. The van der Waals surface area contributed by atoms with Crippen molar-refractivity contribution in [3.8, 4) is 0 Å². The number of anilines is 1. The summed E-state index contributed by atoms with van der Waals surface area (Å²) in [5.74, 6) is 0. The second kappa shape index (κ2) is 4.34. The number of hydrogen-bond donors (Lipinski definition) is 2. The SMILES string of the molecule is Cc1n[nH]c(C)c1S(=O)(=O)Nc1cccn2ccnc12. The van der Waals surface area contributed by atoms with Crippen LogP contribution in [0, 0.1) is 13.8 Å². The fraction of sp³-hybridized carbons (Fsp3) is 0.167. The first-order valence-electron chi connectivity index (χ1n) is 5.95. The van der Waals surface area contributed by atoms with Crippen LogP contribution in [0.3, 0.4) is 0 Å². The second-order valence-electron chi connectivity index (χ2n) is 4.45. The molecule has 0 aromatic carbocycles. The number of hydrogen-bond acceptors (Lipinski definition) is 4. The van der Waals surface area contributed by atoms with Gasteiger partial charge in [-0.25, -0.2) is 13.4 Å². The Morgan fingerprint density at radius 3 is 2.80 bits per heavy atom. The first-order chi connectivity index (χ1) is 9.49. The predicted octanol–water partition coefficient (Wildman–Crippen LogP) is 1.48. The van der Waals surface area contributed by atoms with Gasteiger partial charge >= 0.3 is 0 Å². The van der Waals surface area contributed by atoms with Crippen molar-refractivity contribution < 1.29 is 8.42 Å². The molecule has 0 saturated carbocycles. The van der Waals surface area contributed by atoms with E-state index in [0.717, 1.165) is 0 Å². The molecule has 2 N–H and O–H groups in total. The molecule has 0 aliphatic heterocycles. The van der Waals surface area contributed by atoms with Crippen LogP contribution in [-0.2, 0) is 10.0 Å². The number of H-pyrrole nitrogens is 1. The molecule has 0 atom stereocenters. The number of imidazole rings is 1. The highest BCUT2D eigenvalue weighted by molar-refractivity contribution is 7.92. The Morgan fingerprint density at radius 2 is 2.10 bits per heavy atom. The van der Waals surface area contributed by atoms with Gasteiger partial charge in [0.25, 0.3) is 10.0 Å². The zero-order valence-electron chi connectivity index (χ0n) is 11.0. The van der Waals surface area contributed by atoms with Gasteiger partial charge in [-0.15, -0.1) is 0 Å². The van der Waals surface area contributed by atoms with Crippen LogP contribution in [0.2, 0.25) is 0 Å². The number of nitrogens with zero attached hydrogens (tertiary/aromatic N) is 3. The smallest absolute Gasteiger partial charge is 0.265 e. The monoisotopic (exact) mass is 291 g/mol. The van der Waals surface area contributed by atoms with Gasteiger partial charge in [-0.2, -0.15) is 5.10 Å². The summed E-state index contributed by atoms with van der Waals surface area (Å²) >= 11 is 0. The van der Waals surface area contributed by atoms with Crippen LogP contribution >= 0.6 is 0 Å². The molecule has 3 rings (SSSR count). The Kier molecular flexibility index (Phi) is 2.75. The number of nitrogens with one attached hydrogen (secondary N) is 2. The van der Waals surface area contributed by atoms with Crippen LogP contribution in [0.25, 0.3) is 5.65 Å². The lowest BCUT2D eigenvalue weighted by Gasteiger charge is -2.09. The van der Waals surface area contributed by atoms with E-state index in [1.165, 1.54) is 0 Å². The van der Waals surface area contributed by atoms with Crippen LogP contribution in [0.5, 0.6) is 0 Å². The molecule has 8 heteroatoms. The third-order valence-corrected chi connectivity index (χ3v) is 4.62. The molecule has 3 aromatic rings. The Balaban J connectivity index is 2.09. The largest absolute Gasteiger partial charge is 0.305 e. The van der Waals surface area contributed by atoms with E-state index in [9.17, 15) is 8.42 Å². The standard InChI is InChI=1S/C12H13N5O2S/c1-8-11(9(2)15-14-8)20(18,19)16-10-4-3-6-17-7-5-13-12(10)17/h3-7,16H,1-2H3,(H,14,15). The highest BCUT2D eigenvalue weighted by Crippen LogP contribution is 2.22. The van der Waals surface area contributed by atoms with E-state index >= 15 is 0 Å². The number of aromatic nitrogens is 4. The molecule has 3 aromatic heterocycles. The normalized spacial score (nSPS) is 11.9. The van der Waals surface area contributed by atoms with Gasteiger partial charge in [0.05, 0.1) is 17.1 Å². The van der Waals surface area contributed by atoms with Gasteiger partial charge < -0.3 is 4.40 Å². The van der Waals surface area contributed by atoms with E-state index in [2.05, 4.69) is 19.9 Å². The summed E-state index contributed by atoms with van der Waals surface area (Å²) in [6, 6.07) is 3.42. The number of rotatable bonds is 3. The quantitative estimate of drug-likeness (QED) is 0.764. The maximum absolute atomic E-state index is 12.5. The summed E-state index contributed by atoms with van der Waals surface area (Å²) < 4.78 is 29.2. The number of fused-ring (bicyclic) bond motifs is 1. The maximum atomic E-state index is 12.5. The van der Waals surface area contributed by atoms with Gasteiger partial charge in [-0.1, -0.05) is 0 Å². The molecular weight excluding hydrogens is 278 g/mol. The van der Waals surface area contributed by atoms with Crippen molar-refractivity contribution in [2.75, 3.05) is 4.72 Å². The fourth-order valence-corrected chi connectivity index (χ4v) is 3.59. The summed E-state index contributed by atoms with van der Waals surface area (Å²) in [6.07, 6.45) is 5.16. The number of pyridine rings is 1. The highest BCUT2D eigenvalue weighted by Gasteiger charge is 2.23. The predicted molar refractivity (Wildman–Crippen MR) is 74.1 cm³/mol. The van der Waals surface area contributed by atoms with Gasteiger partial charge in [-0.3, -0.25) is 9.82 Å². The van der Waals surface area contributed by atoms with E-state index in [1.807, 2.05) is 0 Å². The first-order valence-corrected chi connectivity index (χ1v) is 7.43. The minimum atomic E-state index is -3.70. The molecule has 104 valence electrons. The lowest BCUT2D eigenvalue weighted by molar-refractivity contribution is 0.600. The lowest BCUT2D eigenvalue weighted by atomic mass is 10.4. The number of aryl methyl sites for hydroxylation is 2. The molecule has 0 spiro atoms. The van der Waals surface area contributed by atoms with Crippen molar-refractivity contribution in [3.63, 3.8) is 0 Å². The first kappa shape index (κ1) is 12.7. The van der Waals surface area contributed by atoms with Crippen molar-refractivity contribution in [2.24, 2.45) is 0 Å². The number of sulfonamides is 1. The molecule has 0 aliphatic rings. The average molecular weight is 291 g/mol. The van der Waals surface area contributed by atoms with Gasteiger partial charge in [0.15, 0.2) is 5.65 Å². The molecule has 0 radical (unpaired) electrons.